The number of para-hydroxylation sites is 1. The lowest BCUT2D eigenvalue weighted by molar-refractivity contribution is -0.384. The summed E-state index contributed by atoms with van der Waals surface area (Å²) in [7, 11) is 1.68. The lowest BCUT2D eigenvalue weighted by Gasteiger charge is -2.17. The summed E-state index contributed by atoms with van der Waals surface area (Å²) in [6.45, 7) is 0.304. The summed E-state index contributed by atoms with van der Waals surface area (Å²) in [6.07, 6.45) is 1.91. The number of amides is 1. The molecule has 0 fully saturated rings. The van der Waals surface area contributed by atoms with Crippen molar-refractivity contribution in [2.45, 2.75) is 6.54 Å². The second kappa shape index (κ2) is 8.62. The van der Waals surface area contributed by atoms with Gasteiger partial charge in [-0.3, -0.25) is 14.9 Å². The van der Waals surface area contributed by atoms with Gasteiger partial charge in [-0.25, -0.2) is 4.68 Å². The molecule has 31 heavy (non-hydrogen) atoms. The first-order valence-corrected chi connectivity index (χ1v) is 9.72. The molecule has 154 valence electrons. The van der Waals surface area contributed by atoms with Crippen LogP contribution in [0.3, 0.4) is 0 Å². The Hall–Kier alpha value is -4.26. The van der Waals surface area contributed by atoms with E-state index in [1.54, 1.807) is 17.8 Å². The summed E-state index contributed by atoms with van der Waals surface area (Å²) in [5.41, 5.74) is 3.68. The molecule has 1 amide bonds. The number of carbonyl (C=O) groups excluding carboxylic acids is 1. The maximum Gasteiger partial charge on any atom is 0.270 e. The van der Waals surface area contributed by atoms with Crippen molar-refractivity contribution in [3.05, 3.63) is 112 Å². The number of non-ortho nitro benzene ring substituents is 1. The van der Waals surface area contributed by atoms with Crippen molar-refractivity contribution in [2.24, 2.45) is 0 Å². The van der Waals surface area contributed by atoms with Crippen LogP contribution in [-0.2, 0) is 6.54 Å². The summed E-state index contributed by atoms with van der Waals surface area (Å²) in [5.74, 6) is -0.296. The summed E-state index contributed by atoms with van der Waals surface area (Å²) in [6, 6.07) is 25.3. The Kier molecular flexibility index (Phi) is 5.57. The van der Waals surface area contributed by atoms with E-state index in [0.717, 1.165) is 22.5 Å². The number of nitrogens with zero attached hydrogens (tertiary/aromatic N) is 4. The smallest absolute Gasteiger partial charge is 0.270 e. The van der Waals surface area contributed by atoms with Crippen LogP contribution in [0.2, 0.25) is 0 Å². The quantitative estimate of drug-likeness (QED) is 0.339. The maximum absolute atomic E-state index is 12.9. The monoisotopic (exact) mass is 412 g/mol. The first kappa shape index (κ1) is 20.0. The van der Waals surface area contributed by atoms with Crippen LogP contribution in [0.1, 0.15) is 15.9 Å². The van der Waals surface area contributed by atoms with E-state index in [2.05, 4.69) is 0 Å². The van der Waals surface area contributed by atoms with E-state index < -0.39 is 4.92 Å². The van der Waals surface area contributed by atoms with Gasteiger partial charge >= 0.3 is 0 Å². The van der Waals surface area contributed by atoms with E-state index >= 15 is 0 Å². The minimum Gasteiger partial charge on any atom is -0.337 e. The normalized spacial score (nSPS) is 10.6. The van der Waals surface area contributed by atoms with Crippen molar-refractivity contribution in [3.8, 4) is 16.9 Å². The minimum atomic E-state index is -0.506. The molecule has 0 radical (unpaired) electrons. The Bertz CT molecular complexity index is 1220. The number of rotatable bonds is 6. The third-order valence-corrected chi connectivity index (χ3v) is 4.92. The molecule has 0 unspecified atom stereocenters. The Balaban J connectivity index is 1.67. The Morgan fingerprint density at radius 2 is 1.68 bits per heavy atom. The van der Waals surface area contributed by atoms with E-state index in [1.165, 1.54) is 23.1 Å². The van der Waals surface area contributed by atoms with Crippen molar-refractivity contribution < 1.29 is 9.72 Å². The number of nitro groups is 1. The van der Waals surface area contributed by atoms with Crippen molar-refractivity contribution in [1.29, 1.82) is 0 Å². The number of hydrogen-bond acceptors (Lipinski definition) is 4. The molecule has 7 nitrogen and oxygen atoms in total. The zero-order chi connectivity index (χ0) is 21.8. The maximum atomic E-state index is 12.9. The van der Waals surface area contributed by atoms with E-state index in [-0.39, 0.29) is 17.2 Å². The molecule has 0 spiro atoms. The van der Waals surface area contributed by atoms with Gasteiger partial charge in [0.2, 0.25) is 0 Å². The molecule has 4 aromatic rings. The van der Waals surface area contributed by atoms with Gasteiger partial charge < -0.3 is 4.90 Å². The molecule has 0 saturated carbocycles. The van der Waals surface area contributed by atoms with Crippen LogP contribution >= 0.6 is 0 Å². The van der Waals surface area contributed by atoms with E-state index in [1.807, 2.05) is 66.9 Å². The second-order valence-corrected chi connectivity index (χ2v) is 7.12. The van der Waals surface area contributed by atoms with Crippen LogP contribution in [0.5, 0.6) is 0 Å². The summed E-state index contributed by atoms with van der Waals surface area (Å²) >= 11 is 0. The third-order valence-electron chi connectivity index (χ3n) is 4.92. The number of aromatic nitrogens is 2. The van der Waals surface area contributed by atoms with Crippen LogP contribution in [0.15, 0.2) is 91.1 Å². The Morgan fingerprint density at radius 1 is 1.00 bits per heavy atom. The third kappa shape index (κ3) is 4.35. The molecule has 7 heteroatoms. The van der Waals surface area contributed by atoms with Crippen LogP contribution in [0.25, 0.3) is 16.9 Å². The molecule has 0 saturated heterocycles. The fourth-order valence-corrected chi connectivity index (χ4v) is 3.38. The highest BCUT2D eigenvalue weighted by Crippen LogP contribution is 2.25. The van der Waals surface area contributed by atoms with Gasteiger partial charge in [0.1, 0.15) is 0 Å². The highest BCUT2D eigenvalue weighted by Gasteiger charge is 2.19. The summed E-state index contributed by atoms with van der Waals surface area (Å²) in [4.78, 5) is 25.0. The highest BCUT2D eigenvalue weighted by atomic mass is 16.6. The van der Waals surface area contributed by atoms with Crippen molar-refractivity contribution in [3.63, 3.8) is 0 Å². The van der Waals surface area contributed by atoms with E-state index in [0.29, 0.717) is 6.54 Å². The first-order chi connectivity index (χ1) is 15.0. The van der Waals surface area contributed by atoms with E-state index in [4.69, 9.17) is 5.10 Å². The molecule has 3 aromatic carbocycles. The number of benzene rings is 3. The van der Waals surface area contributed by atoms with Crippen molar-refractivity contribution in [2.75, 3.05) is 7.05 Å². The molecule has 0 N–H and O–H groups in total. The lowest BCUT2D eigenvalue weighted by Crippen LogP contribution is -2.26. The molecule has 1 heterocycles. The van der Waals surface area contributed by atoms with Gasteiger partial charge in [-0.15, -0.1) is 0 Å². The molecule has 0 bridgehead atoms. The number of nitro benzene ring substituents is 1. The van der Waals surface area contributed by atoms with E-state index in [9.17, 15) is 14.9 Å². The highest BCUT2D eigenvalue weighted by molar-refractivity contribution is 5.94. The SMILES string of the molecule is CN(Cc1cn(-c2ccccc2)nc1-c1ccccc1)C(=O)c1cccc([N+](=O)[O-])c1. The van der Waals surface area contributed by atoms with Gasteiger partial charge in [-0.2, -0.15) is 5.10 Å². The molecule has 0 aliphatic heterocycles. The zero-order valence-electron chi connectivity index (χ0n) is 16.9. The fourth-order valence-electron chi connectivity index (χ4n) is 3.38. The average Bonchev–Trinajstić information content (AvgIpc) is 3.23. The molecule has 0 aliphatic rings. The predicted octanol–water partition coefficient (Wildman–Crippen LogP) is 4.72. The predicted molar refractivity (Wildman–Crippen MR) is 118 cm³/mol. The molecule has 0 aliphatic carbocycles. The topological polar surface area (TPSA) is 81.3 Å². The molecule has 1 aromatic heterocycles. The van der Waals surface area contributed by atoms with Crippen molar-refractivity contribution in [1.82, 2.24) is 14.7 Å². The number of carbonyl (C=O) groups is 1. The lowest BCUT2D eigenvalue weighted by atomic mass is 10.1. The fraction of sp³-hybridized carbons (Fsp3) is 0.0833. The Labute approximate surface area is 179 Å². The van der Waals surface area contributed by atoms with Gasteiger partial charge in [-0.05, 0) is 18.2 Å². The largest absolute Gasteiger partial charge is 0.337 e. The minimum absolute atomic E-state index is 0.110. The van der Waals surface area contributed by atoms with Gasteiger partial charge in [0.15, 0.2) is 0 Å². The van der Waals surface area contributed by atoms with Gasteiger partial charge in [0, 0.05) is 48.6 Å². The first-order valence-electron chi connectivity index (χ1n) is 9.72. The molecular formula is C24H20N4O3. The number of hydrogen-bond donors (Lipinski definition) is 0. The van der Waals surface area contributed by atoms with Crippen LogP contribution in [0.4, 0.5) is 5.69 Å². The van der Waals surface area contributed by atoms with Gasteiger partial charge in [-0.1, -0.05) is 54.6 Å². The molecular weight excluding hydrogens is 392 g/mol. The van der Waals surface area contributed by atoms with Crippen LogP contribution < -0.4 is 0 Å². The Morgan fingerprint density at radius 3 is 2.35 bits per heavy atom. The van der Waals surface area contributed by atoms with Crippen molar-refractivity contribution >= 4 is 11.6 Å². The second-order valence-electron chi connectivity index (χ2n) is 7.12. The summed E-state index contributed by atoms with van der Waals surface area (Å²) in [5, 5.41) is 15.8. The van der Waals surface area contributed by atoms with Gasteiger partial charge in [0.05, 0.1) is 16.3 Å². The van der Waals surface area contributed by atoms with Crippen LogP contribution in [-0.4, -0.2) is 32.6 Å². The summed E-state index contributed by atoms with van der Waals surface area (Å²) < 4.78 is 1.79. The van der Waals surface area contributed by atoms with Gasteiger partial charge in [0.25, 0.3) is 11.6 Å². The molecule has 4 rings (SSSR count). The standard InChI is InChI=1S/C24H20N4O3/c1-26(24(29)19-11-8-14-22(15-19)28(30)31)16-20-17-27(21-12-6-3-7-13-21)25-23(20)18-9-4-2-5-10-18/h2-15,17H,16H2,1H3. The molecule has 0 atom stereocenters. The average molecular weight is 412 g/mol. The van der Waals surface area contributed by atoms with Crippen LogP contribution in [0, 0.1) is 10.1 Å². The zero-order valence-corrected chi connectivity index (χ0v) is 16.9.